The molecule has 0 radical (unpaired) electrons. The minimum atomic E-state index is -3.80. The van der Waals surface area contributed by atoms with Gasteiger partial charge < -0.3 is 4.42 Å². The van der Waals surface area contributed by atoms with Gasteiger partial charge in [0.25, 0.3) is 10.0 Å². The van der Waals surface area contributed by atoms with Crippen molar-refractivity contribution in [2.75, 3.05) is 4.72 Å². The molecule has 144 valence electrons. The summed E-state index contributed by atoms with van der Waals surface area (Å²) in [7, 11) is -3.80. The fourth-order valence-electron chi connectivity index (χ4n) is 2.72. The van der Waals surface area contributed by atoms with E-state index in [1.807, 2.05) is 13.1 Å². The van der Waals surface area contributed by atoms with Crippen molar-refractivity contribution in [1.29, 1.82) is 0 Å². The number of rotatable bonds is 6. The smallest absolute Gasteiger partial charge is 0.309 e. The predicted molar refractivity (Wildman–Crippen MR) is 111 cm³/mol. The fourth-order valence-corrected chi connectivity index (χ4v) is 4.60. The van der Waals surface area contributed by atoms with E-state index >= 15 is 0 Å². The van der Waals surface area contributed by atoms with E-state index in [1.54, 1.807) is 53.8 Å². The number of benzene rings is 2. The highest BCUT2D eigenvalue weighted by Crippen LogP contribution is 2.24. The van der Waals surface area contributed by atoms with E-state index in [2.05, 4.69) is 14.7 Å². The largest absolute Gasteiger partial charge is 0.423 e. The van der Waals surface area contributed by atoms with Crippen LogP contribution in [0.15, 0.2) is 58.0 Å². The fraction of sp³-hybridized carbons (Fsp3) is 0.158. The molecule has 28 heavy (non-hydrogen) atoms. The van der Waals surface area contributed by atoms with Gasteiger partial charge in [0.1, 0.15) is 5.52 Å². The number of halogens is 1. The molecule has 0 unspecified atom stereocenters. The molecule has 2 aromatic carbocycles. The molecular weight excluding hydrogens is 418 g/mol. The van der Waals surface area contributed by atoms with Gasteiger partial charge in [-0.2, -0.15) is 4.98 Å². The standard InChI is InChI=1S/C19H16ClN3O3S2/c1-12-11-21-18(27-12)9-4-13-2-6-15(7-3-13)28(24,25)23-19-22-16-10-14(20)5-8-17(16)26-19/h2-3,5-8,10-11H,4,9H2,1H3,(H,22,23). The monoisotopic (exact) mass is 433 g/mol. The van der Waals surface area contributed by atoms with Gasteiger partial charge in [0.05, 0.1) is 9.90 Å². The second-order valence-corrected chi connectivity index (χ2v) is 9.68. The summed E-state index contributed by atoms with van der Waals surface area (Å²) in [5.41, 5.74) is 1.98. The Bertz CT molecular complexity index is 1230. The number of aryl methyl sites for hydroxylation is 3. The van der Waals surface area contributed by atoms with E-state index < -0.39 is 10.0 Å². The van der Waals surface area contributed by atoms with Gasteiger partial charge in [-0.1, -0.05) is 23.7 Å². The molecule has 1 N–H and O–H groups in total. The van der Waals surface area contributed by atoms with Gasteiger partial charge in [-0.3, -0.25) is 0 Å². The second-order valence-electron chi connectivity index (χ2n) is 6.25. The predicted octanol–water partition coefficient (Wildman–Crippen LogP) is 4.83. The minimum Gasteiger partial charge on any atom is -0.423 e. The lowest BCUT2D eigenvalue weighted by Gasteiger charge is -2.06. The number of oxazole rings is 1. The van der Waals surface area contributed by atoms with Crippen LogP contribution in [0.5, 0.6) is 0 Å². The first-order chi connectivity index (χ1) is 13.4. The lowest BCUT2D eigenvalue weighted by Crippen LogP contribution is -2.13. The van der Waals surface area contributed by atoms with Crippen molar-refractivity contribution in [2.45, 2.75) is 24.7 Å². The highest BCUT2D eigenvalue weighted by molar-refractivity contribution is 7.92. The number of thiazole rings is 1. The number of anilines is 1. The highest BCUT2D eigenvalue weighted by atomic mass is 35.5. The summed E-state index contributed by atoms with van der Waals surface area (Å²) >= 11 is 7.59. The zero-order valence-electron chi connectivity index (χ0n) is 14.8. The van der Waals surface area contributed by atoms with Crippen molar-refractivity contribution in [3.8, 4) is 0 Å². The Morgan fingerprint density at radius 3 is 2.64 bits per heavy atom. The van der Waals surface area contributed by atoms with Gasteiger partial charge >= 0.3 is 6.01 Å². The molecule has 0 aliphatic heterocycles. The zero-order chi connectivity index (χ0) is 19.7. The molecule has 0 bridgehead atoms. The van der Waals surface area contributed by atoms with Crippen LogP contribution in [0.25, 0.3) is 11.1 Å². The van der Waals surface area contributed by atoms with E-state index in [1.165, 1.54) is 4.88 Å². The van der Waals surface area contributed by atoms with Crippen LogP contribution in [0.2, 0.25) is 5.02 Å². The summed E-state index contributed by atoms with van der Waals surface area (Å²) < 4.78 is 33.0. The molecule has 4 aromatic rings. The Labute approximate surface area is 171 Å². The molecule has 0 atom stereocenters. The summed E-state index contributed by atoms with van der Waals surface area (Å²) in [6.45, 7) is 2.03. The minimum absolute atomic E-state index is 0.0968. The van der Waals surface area contributed by atoms with Crippen LogP contribution in [0, 0.1) is 6.92 Å². The van der Waals surface area contributed by atoms with Crippen LogP contribution in [0.3, 0.4) is 0 Å². The number of aromatic nitrogens is 2. The number of nitrogens with one attached hydrogen (secondary N) is 1. The molecule has 0 saturated heterocycles. The summed E-state index contributed by atoms with van der Waals surface area (Å²) in [5, 5.41) is 1.57. The topological polar surface area (TPSA) is 85.1 Å². The summed E-state index contributed by atoms with van der Waals surface area (Å²) in [4.78, 5) is 9.79. The number of nitrogens with zero attached hydrogens (tertiary/aromatic N) is 2. The SMILES string of the molecule is Cc1cnc(CCc2ccc(S(=O)(=O)Nc3nc4cc(Cl)ccc4o3)cc2)s1. The average molecular weight is 434 g/mol. The van der Waals surface area contributed by atoms with Crippen LogP contribution < -0.4 is 4.72 Å². The number of hydrogen-bond acceptors (Lipinski definition) is 6. The van der Waals surface area contributed by atoms with Crippen LogP contribution in [-0.4, -0.2) is 18.4 Å². The lowest BCUT2D eigenvalue weighted by molar-refractivity contribution is 0.591. The molecule has 2 aromatic heterocycles. The summed E-state index contributed by atoms with van der Waals surface area (Å²) in [5.74, 6) is 0. The third-order valence-electron chi connectivity index (χ3n) is 4.10. The molecule has 0 aliphatic rings. The normalized spacial score (nSPS) is 11.8. The number of fused-ring (bicyclic) bond motifs is 1. The van der Waals surface area contributed by atoms with Crippen molar-refractivity contribution in [3.63, 3.8) is 0 Å². The van der Waals surface area contributed by atoms with Crippen molar-refractivity contribution < 1.29 is 12.8 Å². The molecule has 0 amide bonds. The zero-order valence-corrected chi connectivity index (χ0v) is 17.2. The number of sulfonamides is 1. The van der Waals surface area contributed by atoms with Gasteiger partial charge in [0.15, 0.2) is 5.58 Å². The molecule has 0 saturated carbocycles. The van der Waals surface area contributed by atoms with E-state index in [0.29, 0.717) is 16.1 Å². The van der Waals surface area contributed by atoms with Crippen LogP contribution in [0.1, 0.15) is 15.4 Å². The van der Waals surface area contributed by atoms with E-state index in [-0.39, 0.29) is 10.9 Å². The Hall–Kier alpha value is -2.42. The van der Waals surface area contributed by atoms with Gasteiger partial charge in [-0.25, -0.2) is 18.1 Å². The summed E-state index contributed by atoms with van der Waals surface area (Å²) in [6, 6.07) is 11.6. The van der Waals surface area contributed by atoms with Crippen molar-refractivity contribution in [1.82, 2.24) is 9.97 Å². The van der Waals surface area contributed by atoms with Gasteiger partial charge in [0, 0.05) is 22.5 Å². The van der Waals surface area contributed by atoms with E-state index in [9.17, 15) is 8.42 Å². The Morgan fingerprint density at radius 2 is 1.93 bits per heavy atom. The van der Waals surface area contributed by atoms with Crippen LogP contribution in [-0.2, 0) is 22.9 Å². The molecule has 0 aliphatic carbocycles. The molecular formula is C19H16ClN3O3S2. The maximum Gasteiger partial charge on any atom is 0.309 e. The highest BCUT2D eigenvalue weighted by Gasteiger charge is 2.18. The third kappa shape index (κ3) is 4.19. The van der Waals surface area contributed by atoms with Gasteiger partial charge in [0.2, 0.25) is 0 Å². The van der Waals surface area contributed by atoms with Crippen molar-refractivity contribution >= 4 is 50.1 Å². The maximum absolute atomic E-state index is 12.6. The van der Waals surface area contributed by atoms with Crippen molar-refractivity contribution in [3.05, 3.63) is 69.1 Å². The molecule has 4 rings (SSSR count). The Balaban J connectivity index is 1.47. The third-order valence-corrected chi connectivity index (χ3v) is 6.65. The molecule has 0 fully saturated rings. The van der Waals surface area contributed by atoms with Crippen LogP contribution >= 0.6 is 22.9 Å². The molecule has 6 nitrogen and oxygen atoms in total. The summed E-state index contributed by atoms with van der Waals surface area (Å²) in [6.07, 6.45) is 3.49. The Morgan fingerprint density at radius 1 is 1.14 bits per heavy atom. The first-order valence-corrected chi connectivity index (χ1v) is 11.2. The first-order valence-electron chi connectivity index (χ1n) is 8.48. The average Bonchev–Trinajstić information content (AvgIpc) is 3.24. The Kier molecular flexibility index (Phi) is 5.09. The maximum atomic E-state index is 12.6. The lowest BCUT2D eigenvalue weighted by atomic mass is 10.1. The number of hydrogen-bond donors (Lipinski definition) is 1. The molecule has 0 spiro atoms. The van der Waals surface area contributed by atoms with Crippen LogP contribution in [0.4, 0.5) is 6.01 Å². The second kappa shape index (κ2) is 7.54. The van der Waals surface area contributed by atoms with E-state index in [4.69, 9.17) is 16.0 Å². The quantitative estimate of drug-likeness (QED) is 0.470. The molecule has 9 heteroatoms. The van der Waals surface area contributed by atoms with Crippen molar-refractivity contribution in [2.24, 2.45) is 0 Å². The molecule has 2 heterocycles. The van der Waals surface area contributed by atoms with Gasteiger partial charge in [-0.15, -0.1) is 11.3 Å². The van der Waals surface area contributed by atoms with Gasteiger partial charge in [-0.05, 0) is 49.2 Å². The van der Waals surface area contributed by atoms with E-state index in [0.717, 1.165) is 23.4 Å². The first kappa shape index (κ1) is 18.9.